The quantitative estimate of drug-likeness (QED) is 0.216. The summed E-state index contributed by atoms with van der Waals surface area (Å²) in [4.78, 5) is 40.7. The third-order valence-corrected chi connectivity index (χ3v) is 11.3. The van der Waals surface area contributed by atoms with Crippen molar-refractivity contribution < 1.29 is 18.0 Å². The molecule has 0 radical (unpaired) electrons. The van der Waals surface area contributed by atoms with Crippen LogP contribution in [-0.2, 0) is 20.4 Å². The first-order valence-electron chi connectivity index (χ1n) is 14.6. The molecule has 4 heterocycles. The van der Waals surface area contributed by atoms with Crippen LogP contribution in [0.15, 0.2) is 114 Å². The van der Waals surface area contributed by atoms with Crippen LogP contribution in [0.25, 0.3) is 0 Å². The molecule has 12 heteroatoms. The van der Waals surface area contributed by atoms with Gasteiger partial charge in [-0.15, -0.1) is 0 Å². The Morgan fingerprint density at radius 3 is 1.98 bits per heavy atom. The minimum absolute atomic E-state index is 0.126. The van der Waals surface area contributed by atoms with Gasteiger partial charge in [0.15, 0.2) is 11.3 Å². The van der Waals surface area contributed by atoms with Crippen molar-refractivity contribution in [2.45, 2.75) is 16.5 Å². The molecule has 1 aliphatic carbocycles. The third-order valence-electron chi connectivity index (χ3n) is 9.24. The number of carbonyl (C=O) groups excluding carboxylic acids is 2. The fourth-order valence-electron chi connectivity index (χ4n) is 6.90. The zero-order chi connectivity index (χ0) is 32.2. The zero-order valence-electron chi connectivity index (χ0n) is 24.6. The molecule has 3 atom stereocenters. The molecule has 0 unspecified atom stereocenters. The maximum Gasteiger partial charge on any atom is 0.263 e. The van der Waals surface area contributed by atoms with Gasteiger partial charge >= 0.3 is 0 Å². The van der Waals surface area contributed by atoms with Crippen LogP contribution in [0.3, 0.4) is 0 Å². The Morgan fingerprint density at radius 2 is 1.46 bits per heavy atom. The Bertz CT molecular complexity index is 1960. The second kappa shape index (κ2) is 11.2. The van der Waals surface area contributed by atoms with E-state index in [-0.39, 0.29) is 47.6 Å². The fraction of sp³-hybridized carbons (Fsp3) is 0.206. The molecule has 46 heavy (non-hydrogen) atoms. The smallest absolute Gasteiger partial charge is 0.263 e. The summed E-state index contributed by atoms with van der Waals surface area (Å²) in [6.45, 7) is 0.476. The van der Waals surface area contributed by atoms with E-state index >= 15 is 4.79 Å². The van der Waals surface area contributed by atoms with Gasteiger partial charge in [-0.3, -0.25) is 24.5 Å². The molecule has 2 aromatic carbocycles. The highest BCUT2D eigenvalue weighted by atomic mass is 35.5. The van der Waals surface area contributed by atoms with E-state index in [1.165, 1.54) is 22.5 Å². The van der Waals surface area contributed by atoms with Crippen molar-refractivity contribution in [1.29, 1.82) is 5.26 Å². The summed E-state index contributed by atoms with van der Waals surface area (Å²) in [5, 5.41) is 9.65. The van der Waals surface area contributed by atoms with Gasteiger partial charge < -0.3 is 4.90 Å². The number of piperidine rings is 1. The molecule has 0 spiro atoms. The number of hydrogen-bond acceptors (Lipinski definition) is 8. The molecule has 2 saturated heterocycles. The maximum absolute atomic E-state index is 15.0. The molecule has 7 rings (SSSR count). The molecule has 0 bridgehead atoms. The molecule has 2 aliphatic heterocycles. The number of sulfonamides is 1. The van der Waals surface area contributed by atoms with Crippen molar-refractivity contribution in [2.75, 3.05) is 20.1 Å². The number of nitrogens with zero attached hydrogens (tertiary/aromatic N) is 6. The van der Waals surface area contributed by atoms with Crippen LogP contribution in [0.2, 0.25) is 5.02 Å². The molecule has 3 aliphatic rings. The molecule has 10 nitrogen and oxygen atoms in total. The van der Waals surface area contributed by atoms with E-state index in [9.17, 15) is 18.5 Å². The number of aromatic nitrogens is 2. The number of rotatable bonds is 7. The number of allylic oxidation sites excluding steroid dienone is 1. The van der Waals surface area contributed by atoms with Gasteiger partial charge in [-0.1, -0.05) is 11.6 Å². The Balaban J connectivity index is 1.29. The average Bonchev–Trinajstić information content (AvgIpc) is 3.43. The number of halogens is 1. The summed E-state index contributed by atoms with van der Waals surface area (Å²) < 4.78 is 28.4. The van der Waals surface area contributed by atoms with Gasteiger partial charge in [-0.25, -0.2) is 8.42 Å². The van der Waals surface area contributed by atoms with E-state index < -0.39 is 15.6 Å². The van der Waals surface area contributed by atoms with Gasteiger partial charge in [0.2, 0.25) is 10.0 Å². The van der Waals surface area contributed by atoms with E-state index in [1.807, 2.05) is 4.90 Å². The predicted molar refractivity (Wildman–Crippen MR) is 168 cm³/mol. The van der Waals surface area contributed by atoms with Gasteiger partial charge in [0.05, 0.1) is 16.5 Å². The van der Waals surface area contributed by atoms with Gasteiger partial charge in [0.1, 0.15) is 5.82 Å². The summed E-state index contributed by atoms with van der Waals surface area (Å²) in [5.41, 5.74) is 0.789. The van der Waals surface area contributed by atoms with Crippen LogP contribution < -0.4 is 0 Å². The Morgan fingerprint density at radius 1 is 0.913 bits per heavy atom. The number of pyridine rings is 2. The van der Waals surface area contributed by atoms with E-state index in [1.54, 1.807) is 97.4 Å². The summed E-state index contributed by atoms with van der Waals surface area (Å²) in [6, 6.07) is 21.3. The summed E-state index contributed by atoms with van der Waals surface area (Å²) in [5.74, 6) is -0.434. The lowest BCUT2D eigenvalue weighted by atomic mass is 9.82. The van der Waals surface area contributed by atoms with Crippen molar-refractivity contribution >= 4 is 33.3 Å². The minimum Gasteiger partial charge on any atom is -0.339 e. The summed E-state index contributed by atoms with van der Waals surface area (Å²) >= 11 is 5.98. The monoisotopic (exact) mass is 650 g/mol. The first-order valence-corrected chi connectivity index (χ1v) is 16.4. The zero-order valence-corrected chi connectivity index (χ0v) is 26.1. The number of ketones is 1. The minimum atomic E-state index is -3.76. The van der Waals surface area contributed by atoms with Crippen LogP contribution >= 0.6 is 11.6 Å². The molecule has 1 amide bonds. The highest BCUT2D eigenvalue weighted by Crippen LogP contribution is 2.56. The normalized spacial score (nSPS) is 22.9. The molecule has 3 fully saturated rings. The molecule has 4 aromatic rings. The number of benzene rings is 2. The number of fused-ring (bicyclic) bond motifs is 1. The topological polar surface area (TPSA) is 128 Å². The van der Waals surface area contributed by atoms with Crippen molar-refractivity contribution in [2.24, 2.45) is 11.8 Å². The number of hydrogen-bond donors (Lipinski definition) is 0. The summed E-state index contributed by atoms with van der Waals surface area (Å²) in [6.07, 6.45) is 7.95. The first kappa shape index (κ1) is 29.8. The van der Waals surface area contributed by atoms with E-state index in [0.717, 1.165) is 0 Å². The SMILES string of the molecule is CN1C(=CC(=O)c2ccc(C#N)cc2)N([C@H]2[C@@H]3CN(S(=O)(=O)c4ccc(Cl)cc4)C[C@@H]32)C(=O)C1(c1ccncc1)c1ccncc1. The highest BCUT2D eigenvalue weighted by molar-refractivity contribution is 7.89. The molecule has 2 aromatic heterocycles. The van der Waals surface area contributed by atoms with Crippen LogP contribution in [0.4, 0.5) is 0 Å². The second-order valence-electron chi connectivity index (χ2n) is 11.6. The van der Waals surface area contributed by atoms with Gasteiger partial charge in [-0.2, -0.15) is 9.57 Å². The van der Waals surface area contributed by atoms with Crippen molar-refractivity contribution in [3.8, 4) is 6.07 Å². The lowest BCUT2D eigenvalue weighted by Crippen LogP contribution is -2.46. The van der Waals surface area contributed by atoms with Crippen LogP contribution in [-0.4, -0.2) is 70.4 Å². The van der Waals surface area contributed by atoms with Crippen molar-refractivity contribution in [1.82, 2.24) is 24.1 Å². The molecule has 1 saturated carbocycles. The number of nitriles is 1. The van der Waals surface area contributed by atoms with Crippen molar-refractivity contribution in [3.63, 3.8) is 0 Å². The van der Waals surface area contributed by atoms with Gasteiger partial charge in [0.25, 0.3) is 5.91 Å². The Labute approximate surface area is 271 Å². The van der Waals surface area contributed by atoms with Gasteiger partial charge in [0, 0.05) is 79.5 Å². The lowest BCUT2D eigenvalue weighted by molar-refractivity contribution is -0.132. The van der Waals surface area contributed by atoms with E-state index in [2.05, 4.69) is 16.0 Å². The van der Waals surface area contributed by atoms with Crippen LogP contribution in [0, 0.1) is 23.2 Å². The third kappa shape index (κ3) is 4.60. The average molecular weight is 651 g/mol. The molecule has 0 N–H and O–H groups in total. The lowest BCUT2D eigenvalue weighted by Gasteiger charge is -2.35. The predicted octanol–water partition coefficient (Wildman–Crippen LogP) is 4.06. The van der Waals surface area contributed by atoms with Crippen LogP contribution in [0.1, 0.15) is 27.0 Å². The highest BCUT2D eigenvalue weighted by Gasteiger charge is 2.67. The second-order valence-corrected chi connectivity index (χ2v) is 13.9. The van der Waals surface area contributed by atoms with Gasteiger partial charge in [-0.05, 0) is 83.9 Å². The first-order chi connectivity index (χ1) is 22.2. The van der Waals surface area contributed by atoms with Crippen molar-refractivity contribution in [3.05, 3.63) is 137 Å². The van der Waals surface area contributed by atoms with E-state index in [4.69, 9.17) is 11.6 Å². The van der Waals surface area contributed by atoms with Crippen LogP contribution in [0.5, 0.6) is 0 Å². The van der Waals surface area contributed by atoms with E-state index in [0.29, 0.717) is 33.1 Å². The Hall–Kier alpha value is -4.89. The molecule has 230 valence electrons. The number of amides is 1. The summed E-state index contributed by atoms with van der Waals surface area (Å²) in [7, 11) is -1.97. The Kier molecular flexibility index (Phi) is 7.24. The molecular weight excluding hydrogens is 624 g/mol. The number of likely N-dealkylation sites (N-methyl/N-ethyl adjacent to an activating group) is 1. The largest absolute Gasteiger partial charge is 0.339 e. The number of carbonyl (C=O) groups is 2. The fourth-order valence-corrected chi connectivity index (χ4v) is 8.54. The molecular formula is C34H27ClN6O4S. The standard InChI is InChI=1S/C34H27ClN6O4S/c1-39-31(18-30(42)23-4-2-22(19-36)3-5-23)41(33(43)34(39,24-10-14-37-15-11-24)25-12-16-38-17-13-25)32-28-20-40(21-29(28)32)46(44,45)27-8-6-26(35)7-9-27/h2-18,28-29,32H,20-21H2,1H3/t28-,29+,32+. The maximum atomic E-state index is 15.0.